The summed E-state index contributed by atoms with van der Waals surface area (Å²) in [5.74, 6) is 1.46. The molecule has 22 heavy (non-hydrogen) atoms. The molecule has 4 nitrogen and oxygen atoms in total. The molecule has 0 amide bonds. The Morgan fingerprint density at radius 2 is 2.23 bits per heavy atom. The summed E-state index contributed by atoms with van der Waals surface area (Å²) in [5.41, 5.74) is 2.04. The van der Waals surface area contributed by atoms with E-state index in [2.05, 4.69) is 20.6 Å². The molecule has 1 saturated carbocycles. The summed E-state index contributed by atoms with van der Waals surface area (Å²) < 4.78 is 13.2. The maximum absolute atomic E-state index is 13.2. The van der Waals surface area contributed by atoms with E-state index in [9.17, 15) is 4.39 Å². The minimum absolute atomic E-state index is 0.209. The molecule has 0 spiro atoms. The van der Waals surface area contributed by atoms with Gasteiger partial charge in [0.15, 0.2) is 5.96 Å². The number of hydrogen-bond donors (Lipinski definition) is 3. The van der Waals surface area contributed by atoms with Crippen LogP contribution in [0.2, 0.25) is 0 Å². The van der Waals surface area contributed by atoms with Gasteiger partial charge in [0.05, 0.1) is 0 Å². The molecule has 0 unspecified atom stereocenters. The number of hydrogen-bond acceptors (Lipinski definition) is 1. The number of aromatic nitrogens is 1. The Bertz CT molecular complexity index is 658. The number of benzene rings is 1. The molecular weight excluding hydrogens is 279 g/mol. The summed E-state index contributed by atoms with van der Waals surface area (Å²) >= 11 is 0. The summed E-state index contributed by atoms with van der Waals surface area (Å²) in [4.78, 5) is 7.37. The second-order valence-corrected chi connectivity index (χ2v) is 5.93. The number of guanidine groups is 1. The Labute approximate surface area is 130 Å². The molecule has 0 aliphatic heterocycles. The van der Waals surface area contributed by atoms with E-state index in [-0.39, 0.29) is 5.82 Å². The van der Waals surface area contributed by atoms with Crippen LogP contribution >= 0.6 is 0 Å². The van der Waals surface area contributed by atoms with Crippen molar-refractivity contribution in [3.63, 3.8) is 0 Å². The molecule has 3 rings (SSSR count). The summed E-state index contributed by atoms with van der Waals surface area (Å²) in [6, 6.07) is 4.87. The fourth-order valence-corrected chi connectivity index (χ4v) is 2.84. The molecule has 1 aliphatic rings. The molecule has 1 aromatic heterocycles. The number of halogens is 1. The Hall–Kier alpha value is -2.04. The van der Waals surface area contributed by atoms with Crippen LogP contribution in [-0.4, -0.2) is 31.1 Å². The monoisotopic (exact) mass is 302 g/mol. The van der Waals surface area contributed by atoms with Gasteiger partial charge in [-0.05, 0) is 48.9 Å². The van der Waals surface area contributed by atoms with Gasteiger partial charge >= 0.3 is 0 Å². The van der Waals surface area contributed by atoms with Gasteiger partial charge in [-0.1, -0.05) is 6.42 Å². The van der Waals surface area contributed by atoms with Gasteiger partial charge in [0.2, 0.25) is 0 Å². The molecule has 0 atom stereocenters. The minimum Gasteiger partial charge on any atom is -0.361 e. The molecule has 0 radical (unpaired) electrons. The molecule has 0 saturated heterocycles. The van der Waals surface area contributed by atoms with E-state index < -0.39 is 0 Å². The molecule has 1 heterocycles. The lowest BCUT2D eigenvalue weighted by Gasteiger charge is -2.26. The predicted octanol–water partition coefficient (Wildman–Crippen LogP) is 2.81. The molecule has 5 heteroatoms. The molecule has 0 bridgehead atoms. The minimum atomic E-state index is -0.209. The van der Waals surface area contributed by atoms with Crippen molar-refractivity contribution >= 4 is 16.9 Å². The van der Waals surface area contributed by atoms with Crippen LogP contribution in [0, 0.1) is 11.7 Å². The highest BCUT2D eigenvalue weighted by Crippen LogP contribution is 2.25. The topological polar surface area (TPSA) is 52.2 Å². The van der Waals surface area contributed by atoms with E-state index in [0.717, 1.165) is 42.3 Å². The summed E-state index contributed by atoms with van der Waals surface area (Å²) in [7, 11) is 1.80. The number of H-pyrrole nitrogens is 1. The van der Waals surface area contributed by atoms with E-state index >= 15 is 0 Å². The summed E-state index contributed by atoms with van der Waals surface area (Å²) in [6.07, 6.45) is 6.84. The van der Waals surface area contributed by atoms with Gasteiger partial charge in [0.1, 0.15) is 5.82 Å². The number of nitrogens with zero attached hydrogens (tertiary/aromatic N) is 1. The molecule has 118 valence electrons. The number of fused-ring (bicyclic) bond motifs is 1. The molecule has 2 aromatic rings. The van der Waals surface area contributed by atoms with Crippen LogP contribution in [0.4, 0.5) is 4.39 Å². The van der Waals surface area contributed by atoms with Crippen molar-refractivity contribution in [3.05, 3.63) is 35.8 Å². The van der Waals surface area contributed by atoms with Crippen LogP contribution in [0.5, 0.6) is 0 Å². The van der Waals surface area contributed by atoms with Gasteiger partial charge in [0, 0.05) is 37.2 Å². The lowest BCUT2D eigenvalue weighted by atomic mass is 9.85. The highest BCUT2D eigenvalue weighted by atomic mass is 19.1. The van der Waals surface area contributed by atoms with Gasteiger partial charge in [0.25, 0.3) is 0 Å². The van der Waals surface area contributed by atoms with Crippen LogP contribution in [0.25, 0.3) is 10.9 Å². The maximum atomic E-state index is 13.2. The quantitative estimate of drug-likeness (QED) is 0.587. The summed E-state index contributed by atoms with van der Waals surface area (Å²) in [6.45, 7) is 1.81. The highest BCUT2D eigenvalue weighted by molar-refractivity contribution is 5.83. The van der Waals surface area contributed by atoms with Gasteiger partial charge in [-0.25, -0.2) is 4.39 Å². The van der Waals surface area contributed by atoms with Crippen molar-refractivity contribution in [2.24, 2.45) is 10.9 Å². The third-order valence-electron chi connectivity index (χ3n) is 4.42. The normalized spacial score (nSPS) is 15.8. The van der Waals surface area contributed by atoms with Crippen LogP contribution in [0.1, 0.15) is 24.8 Å². The number of aliphatic imine (C=N–C) groups is 1. The average molecular weight is 302 g/mol. The first-order chi connectivity index (χ1) is 10.8. The standard InChI is InChI=1S/C17H23FN4/c1-19-17(22-10-12-3-2-4-12)20-8-7-13-11-21-16-9-14(18)5-6-15(13)16/h5-6,9,11-12,21H,2-4,7-8,10H2,1H3,(H2,19,20,22). The van der Waals surface area contributed by atoms with Crippen LogP contribution in [-0.2, 0) is 6.42 Å². The van der Waals surface area contributed by atoms with Gasteiger partial charge < -0.3 is 15.6 Å². The van der Waals surface area contributed by atoms with E-state index in [1.807, 2.05) is 12.3 Å². The first-order valence-electron chi connectivity index (χ1n) is 7.96. The molecular formula is C17H23FN4. The lowest BCUT2D eigenvalue weighted by molar-refractivity contribution is 0.314. The van der Waals surface area contributed by atoms with Gasteiger partial charge in [-0.2, -0.15) is 0 Å². The number of rotatable bonds is 5. The van der Waals surface area contributed by atoms with Crippen molar-refractivity contribution in [2.75, 3.05) is 20.1 Å². The Morgan fingerprint density at radius 3 is 2.95 bits per heavy atom. The SMILES string of the molecule is CN=C(NCCc1c[nH]c2cc(F)ccc12)NCC1CCC1. The zero-order valence-corrected chi connectivity index (χ0v) is 13.0. The van der Waals surface area contributed by atoms with Crippen LogP contribution in [0.3, 0.4) is 0 Å². The van der Waals surface area contributed by atoms with E-state index in [1.165, 1.54) is 37.0 Å². The Kier molecular flexibility index (Phi) is 4.61. The van der Waals surface area contributed by atoms with Crippen LogP contribution in [0.15, 0.2) is 29.4 Å². The Morgan fingerprint density at radius 1 is 1.36 bits per heavy atom. The third-order valence-corrected chi connectivity index (χ3v) is 4.42. The maximum Gasteiger partial charge on any atom is 0.190 e. The van der Waals surface area contributed by atoms with Crippen molar-refractivity contribution in [1.29, 1.82) is 0 Å². The van der Waals surface area contributed by atoms with Crippen molar-refractivity contribution in [2.45, 2.75) is 25.7 Å². The summed E-state index contributed by atoms with van der Waals surface area (Å²) in [5, 5.41) is 7.80. The molecule has 3 N–H and O–H groups in total. The van der Waals surface area contributed by atoms with Gasteiger partial charge in [-0.15, -0.1) is 0 Å². The van der Waals surface area contributed by atoms with E-state index in [4.69, 9.17) is 0 Å². The smallest absolute Gasteiger partial charge is 0.190 e. The first kappa shape index (κ1) is 14.9. The highest BCUT2D eigenvalue weighted by Gasteiger charge is 2.17. The predicted molar refractivity (Wildman–Crippen MR) is 88.7 cm³/mol. The largest absolute Gasteiger partial charge is 0.361 e. The lowest BCUT2D eigenvalue weighted by Crippen LogP contribution is -2.41. The molecule has 1 aliphatic carbocycles. The van der Waals surface area contributed by atoms with Crippen molar-refractivity contribution in [1.82, 2.24) is 15.6 Å². The zero-order valence-electron chi connectivity index (χ0n) is 13.0. The zero-order chi connectivity index (χ0) is 15.4. The Balaban J connectivity index is 1.50. The van der Waals surface area contributed by atoms with Crippen LogP contribution < -0.4 is 10.6 Å². The number of aromatic amines is 1. The number of nitrogens with one attached hydrogen (secondary N) is 3. The first-order valence-corrected chi connectivity index (χ1v) is 7.96. The molecule has 1 aromatic carbocycles. The van der Waals surface area contributed by atoms with E-state index in [1.54, 1.807) is 7.05 Å². The second-order valence-electron chi connectivity index (χ2n) is 5.93. The van der Waals surface area contributed by atoms with E-state index in [0.29, 0.717) is 0 Å². The third kappa shape index (κ3) is 3.40. The van der Waals surface area contributed by atoms with Crippen molar-refractivity contribution in [3.8, 4) is 0 Å². The molecule has 1 fully saturated rings. The van der Waals surface area contributed by atoms with Gasteiger partial charge in [-0.3, -0.25) is 4.99 Å². The second kappa shape index (κ2) is 6.81. The fourth-order valence-electron chi connectivity index (χ4n) is 2.84. The van der Waals surface area contributed by atoms with Crippen molar-refractivity contribution < 1.29 is 4.39 Å². The average Bonchev–Trinajstić information content (AvgIpc) is 2.86. The fraction of sp³-hybridized carbons (Fsp3) is 0.471.